The topological polar surface area (TPSA) is 52.6 Å². The van der Waals surface area contributed by atoms with Crippen molar-refractivity contribution in [1.29, 1.82) is 0 Å². The Hall–Kier alpha value is -3.47. The fraction of sp³-hybridized carbons (Fsp3) is 0.167. The molecule has 0 unspecified atom stereocenters. The molecule has 0 N–H and O–H groups in total. The zero-order chi connectivity index (χ0) is 21.0. The summed E-state index contributed by atoms with van der Waals surface area (Å²) in [5.74, 6) is -1.79. The van der Waals surface area contributed by atoms with Crippen molar-refractivity contribution in [1.82, 2.24) is 0 Å². The summed E-state index contributed by atoms with van der Waals surface area (Å²) in [4.78, 5) is 25.8. The third-order valence-corrected chi connectivity index (χ3v) is 4.58. The number of carbonyl (C=O) groups excluding carboxylic acids is 2. The molecule has 0 aromatic heterocycles. The third-order valence-electron chi connectivity index (χ3n) is 4.58. The van der Waals surface area contributed by atoms with E-state index in [4.69, 9.17) is 9.47 Å². The van der Waals surface area contributed by atoms with Crippen LogP contribution in [-0.4, -0.2) is 18.9 Å². The number of aryl methyl sites for hydroxylation is 2. The maximum absolute atomic E-state index is 14.3. The molecule has 148 valence electrons. The molecule has 0 aliphatic heterocycles. The van der Waals surface area contributed by atoms with E-state index in [0.717, 1.165) is 17.2 Å². The van der Waals surface area contributed by atoms with Gasteiger partial charge in [-0.2, -0.15) is 0 Å². The summed E-state index contributed by atoms with van der Waals surface area (Å²) >= 11 is 0. The van der Waals surface area contributed by atoms with Crippen molar-refractivity contribution < 1.29 is 23.5 Å². The van der Waals surface area contributed by atoms with E-state index in [9.17, 15) is 14.0 Å². The first-order chi connectivity index (χ1) is 13.9. The highest BCUT2D eigenvalue weighted by molar-refractivity contribution is 6.02. The highest BCUT2D eigenvalue weighted by Gasteiger charge is 2.28. The van der Waals surface area contributed by atoms with E-state index in [1.54, 1.807) is 24.3 Å². The standard InChI is InChI=1S/C24H21FO4/c1-15-4-8-17(9-5-15)22(26)23(18-10-6-16(2)7-11-18)29-24(27)20-13-12-19(28-3)14-21(20)25/h4-14,23H,1-3H3/t23-/m0/s1. The number of esters is 1. The molecule has 0 spiro atoms. The zero-order valence-electron chi connectivity index (χ0n) is 16.4. The van der Waals surface area contributed by atoms with Crippen LogP contribution in [-0.2, 0) is 4.74 Å². The van der Waals surface area contributed by atoms with Crippen LogP contribution in [0.25, 0.3) is 0 Å². The van der Waals surface area contributed by atoms with Gasteiger partial charge in [-0.25, -0.2) is 9.18 Å². The summed E-state index contributed by atoms with van der Waals surface area (Å²) in [6.45, 7) is 3.83. The molecule has 29 heavy (non-hydrogen) atoms. The molecule has 1 atom stereocenters. The van der Waals surface area contributed by atoms with Crippen LogP contribution >= 0.6 is 0 Å². The Balaban J connectivity index is 1.94. The molecule has 3 aromatic rings. The van der Waals surface area contributed by atoms with E-state index in [-0.39, 0.29) is 17.1 Å². The van der Waals surface area contributed by atoms with Gasteiger partial charge >= 0.3 is 5.97 Å². The van der Waals surface area contributed by atoms with Gasteiger partial charge in [-0.1, -0.05) is 59.7 Å². The largest absolute Gasteiger partial charge is 0.497 e. The molecule has 0 heterocycles. The molecule has 0 saturated carbocycles. The Morgan fingerprint density at radius 1 is 0.862 bits per heavy atom. The first-order valence-corrected chi connectivity index (χ1v) is 9.11. The van der Waals surface area contributed by atoms with E-state index in [1.807, 2.05) is 38.1 Å². The monoisotopic (exact) mass is 392 g/mol. The van der Waals surface area contributed by atoms with E-state index in [1.165, 1.54) is 19.2 Å². The van der Waals surface area contributed by atoms with Gasteiger partial charge in [0.05, 0.1) is 12.7 Å². The third kappa shape index (κ3) is 4.69. The van der Waals surface area contributed by atoms with Crippen molar-refractivity contribution >= 4 is 11.8 Å². The predicted molar refractivity (Wildman–Crippen MR) is 108 cm³/mol. The summed E-state index contributed by atoms with van der Waals surface area (Å²) in [5.41, 5.74) is 2.67. The van der Waals surface area contributed by atoms with Crippen molar-refractivity contribution in [2.24, 2.45) is 0 Å². The van der Waals surface area contributed by atoms with Crippen LogP contribution in [0.3, 0.4) is 0 Å². The highest BCUT2D eigenvalue weighted by Crippen LogP contribution is 2.26. The number of rotatable bonds is 6. The lowest BCUT2D eigenvalue weighted by atomic mass is 9.98. The Morgan fingerprint density at radius 2 is 1.45 bits per heavy atom. The number of carbonyl (C=O) groups is 2. The van der Waals surface area contributed by atoms with Gasteiger partial charge in [-0.05, 0) is 26.0 Å². The van der Waals surface area contributed by atoms with Crippen molar-refractivity contribution in [2.75, 3.05) is 7.11 Å². The van der Waals surface area contributed by atoms with Gasteiger partial charge in [0.15, 0.2) is 6.10 Å². The smallest absolute Gasteiger partial charge is 0.342 e. The molecule has 4 nitrogen and oxygen atoms in total. The summed E-state index contributed by atoms with van der Waals surface area (Å²) in [7, 11) is 1.40. The lowest BCUT2D eigenvalue weighted by Gasteiger charge is -2.18. The van der Waals surface area contributed by atoms with Crippen LogP contribution in [0, 0.1) is 19.7 Å². The van der Waals surface area contributed by atoms with Gasteiger partial charge in [0.2, 0.25) is 5.78 Å². The molecular weight excluding hydrogens is 371 g/mol. The molecule has 0 fully saturated rings. The minimum atomic E-state index is -1.19. The predicted octanol–water partition coefficient (Wildman–Crippen LogP) is 5.23. The van der Waals surface area contributed by atoms with Crippen LogP contribution < -0.4 is 4.74 Å². The Kier molecular flexibility index (Phi) is 6.07. The summed E-state index contributed by atoms with van der Waals surface area (Å²) in [6.07, 6.45) is -1.19. The summed E-state index contributed by atoms with van der Waals surface area (Å²) in [6, 6.07) is 17.9. The molecule has 3 aromatic carbocycles. The number of ether oxygens (including phenoxy) is 2. The molecule has 5 heteroatoms. The van der Waals surface area contributed by atoms with Gasteiger partial charge in [-0.15, -0.1) is 0 Å². The SMILES string of the molecule is COc1ccc(C(=O)O[C@H](C(=O)c2ccc(C)cc2)c2ccc(C)cc2)c(F)c1. The van der Waals surface area contributed by atoms with E-state index < -0.39 is 17.9 Å². The fourth-order valence-electron chi connectivity index (χ4n) is 2.84. The van der Waals surface area contributed by atoms with E-state index >= 15 is 0 Å². The maximum Gasteiger partial charge on any atom is 0.342 e. The average Bonchev–Trinajstić information content (AvgIpc) is 2.72. The van der Waals surface area contributed by atoms with Crippen LogP contribution in [0.1, 0.15) is 43.5 Å². The number of Topliss-reactive ketones (excluding diaryl/α,β-unsaturated/α-hetero) is 1. The Labute approximate surface area is 168 Å². The first kappa shape index (κ1) is 20.3. The normalized spacial score (nSPS) is 11.6. The van der Waals surface area contributed by atoms with Crippen molar-refractivity contribution in [3.8, 4) is 5.75 Å². The number of ketones is 1. The van der Waals surface area contributed by atoms with Gasteiger partial charge in [0, 0.05) is 17.2 Å². The fourth-order valence-corrected chi connectivity index (χ4v) is 2.84. The minimum Gasteiger partial charge on any atom is -0.497 e. The second-order valence-corrected chi connectivity index (χ2v) is 6.77. The van der Waals surface area contributed by atoms with E-state index in [0.29, 0.717) is 11.1 Å². The summed E-state index contributed by atoms with van der Waals surface area (Å²) in [5, 5.41) is 0. The van der Waals surface area contributed by atoms with Gasteiger partial charge in [0.1, 0.15) is 11.6 Å². The number of hydrogen-bond donors (Lipinski definition) is 0. The van der Waals surface area contributed by atoms with Gasteiger partial charge < -0.3 is 9.47 Å². The number of methoxy groups -OCH3 is 1. The Morgan fingerprint density at radius 3 is 2.00 bits per heavy atom. The molecule has 0 aliphatic rings. The van der Waals surface area contributed by atoms with Crippen LogP contribution in [0.5, 0.6) is 5.75 Å². The molecule has 0 amide bonds. The number of hydrogen-bond acceptors (Lipinski definition) is 4. The average molecular weight is 392 g/mol. The lowest BCUT2D eigenvalue weighted by Crippen LogP contribution is -2.21. The van der Waals surface area contributed by atoms with Crippen LogP contribution in [0.4, 0.5) is 4.39 Å². The highest BCUT2D eigenvalue weighted by atomic mass is 19.1. The molecule has 3 rings (SSSR count). The molecular formula is C24H21FO4. The molecule has 0 aliphatic carbocycles. The number of halogens is 1. The molecule has 0 radical (unpaired) electrons. The van der Waals surface area contributed by atoms with E-state index in [2.05, 4.69) is 0 Å². The van der Waals surface area contributed by atoms with Crippen molar-refractivity contribution in [2.45, 2.75) is 20.0 Å². The first-order valence-electron chi connectivity index (χ1n) is 9.11. The second-order valence-electron chi connectivity index (χ2n) is 6.77. The van der Waals surface area contributed by atoms with Gasteiger partial charge in [-0.3, -0.25) is 4.79 Å². The maximum atomic E-state index is 14.3. The minimum absolute atomic E-state index is 0.264. The van der Waals surface area contributed by atoms with Crippen LogP contribution in [0.2, 0.25) is 0 Å². The summed E-state index contributed by atoms with van der Waals surface area (Å²) < 4.78 is 24.7. The quantitative estimate of drug-likeness (QED) is 0.426. The van der Waals surface area contributed by atoms with Gasteiger partial charge in [0.25, 0.3) is 0 Å². The Bertz CT molecular complexity index is 1020. The molecule has 0 bridgehead atoms. The lowest BCUT2D eigenvalue weighted by molar-refractivity contribution is 0.0275. The van der Waals surface area contributed by atoms with Crippen molar-refractivity contribution in [3.05, 3.63) is 100 Å². The van der Waals surface area contributed by atoms with Crippen LogP contribution in [0.15, 0.2) is 66.7 Å². The zero-order valence-corrected chi connectivity index (χ0v) is 16.4. The van der Waals surface area contributed by atoms with Crippen molar-refractivity contribution in [3.63, 3.8) is 0 Å². The second kappa shape index (κ2) is 8.69. The molecule has 0 saturated heterocycles. The number of benzene rings is 3.